The lowest BCUT2D eigenvalue weighted by atomic mass is 10.1. The van der Waals surface area contributed by atoms with Crippen LogP contribution in [0.5, 0.6) is 0 Å². The smallest absolute Gasteiger partial charge is 0.272 e. The van der Waals surface area contributed by atoms with Gasteiger partial charge in [0.2, 0.25) is 5.82 Å². The summed E-state index contributed by atoms with van der Waals surface area (Å²) in [7, 11) is 0. The minimum Gasteiger partial charge on any atom is -0.385 e. The van der Waals surface area contributed by atoms with E-state index in [9.17, 15) is 15.2 Å². The number of benzene rings is 1. The van der Waals surface area contributed by atoms with Gasteiger partial charge in [-0.1, -0.05) is 12.1 Å². The number of aromatic nitrogens is 2. The predicted octanol–water partition coefficient (Wildman–Crippen LogP) is 2.40. The van der Waals surface area contributed by atoms with Crippen molar-refractivity contribution in [2.45, 2.75) is 26.4 Å². The lowest BCUT2D eigenvalue weighted by Gasteiger charge is -1.99. The van der Waals surface area contributed by atoms with Gasteiger partial charge in [-0.05, 0) is 25.5 Å². The lowest BCUT2D eigenvalue weighted by Crippen LogP contribution is -1.97. The molecule has 0 aliphatic carbocycles. The summed E-state index contributed by atoms with van der Waals surface area (Å²) in [5.41, 5.74) is 1.14. The second kappa shape index (κ2) is 5.15. The highest BCUT2D eigenvalue weighted by Crippen LogP contribution is 2.26. The number of aliphatic hydroxyl groups excluding tert-OH is 1. The number of aliphatic hydroxyl groups is 1. The Labute approximate surface area is 109 Å². The highest BCUT2D eigenvalue weighted by atomic mass is 16.6. The van der Waals surface area contributed by atoms with Crippen molar-refractivity contribution in [3.05, 3.63) is 39.7 Å². The van der Waals surface area contributed by atoms with Crippen LogP contribution in [0.1, 0.15) is 30.8 Å². The monoisotopic (exact) mass is 263 g/mol. The van der Waals surface area contributed by atoms with Gasteiger partial charge >= 0.3 is 0 Å². The summed E-state index contributed by atoms with van der Waals surface area (Å²) in [6, 6.07) is 4.54. The van der Waals surface area contributed by atoms with Crippen LogP contribution in [0.15, 0.2) is 22.7 Å². The van der Waals surface area contributed by atoms with Crippen molar-refractivity contribution in [1.82, 2.24) is 10.1 Å². The highest BCUT2D eigenvalue weighted by Gasteiger charge is 2.17. The summed E-state index contributed by atoms with van der Waals surface area (Å²) in [6.07, 6.45) is -0.283. The Bertz CT molecular complexity index is 609. The molecule has 0 aliphatic rings. The van der Waals surface area contributed by atoms with Gasteiger partial charge < -0.3 is 9.63 Å². The molecule has 1 unspecified atom stereocenters. The molecule has 0 spiro atoms. The zero-order valence-electron chi connectivity index (χ0n) is 10.5. The zero-order chi connectivity index (χ0) is 14.0. The molecule has 1 atom stereocenters. The van der Waals surface area contributed by atoms with Gasteiger partial charge in [0, 0.05) is 17.2 Å². The summed E-state index contributed by atoms with van der Waals surface area (Å²) in [4.78, 5) is 14.3. The van der Waals surface area contributed by atoms with Gasteiger partial charge in [-0.3, -0.25) is 10.1 Å². The van der Waals surface area contributed by atoms with Crippen LogP contribution in [0.3, 0.4) is 0 Å². The fourth-order valence-corrected chi connectivity index (χ4v) is 1.66. The van der Waals surface area contributed by atoms with Gasteiger partial charge in [-0.15, -0.1) is 0 Å². The SMILES string of the molecule is CCC(O)c1noc(-c2ccc([N+](=O)[O-])c(C)c2)n1. The van der Waals surface area contributed by atoms with Crippen molar-refractivity contribution in [2.75, 3.05) is 0 Å². The third-order valence-electron chi connectivity index (χ3n) is 2.77. The second-order valence-corrected chi connectivity index (χ2v) is 4.14. The van der Waals surface area contributed by atoms with Crippen molar-refractivity contribution in [1.29, 1.82) is 0 Å². The van der Waals surface area contributed by atoms with Crippen molar-refractivity contribution in [3.63, 3.8) is 0 Å². The van der Waals surface area contributed by atoms with Gasteiger partial charge in [0.05, 0.1) is 4.92 Å². The normalized spacial score (nSPS) is 12.4. The van der Waals surface area contributed by atoms with Gasteiger partial charge in [-0.2, -0.15) is 4.98 Å². The van der Waals surface area contributed by atoms with E-state index in [2.05, 4.69) is 10.1 Å². The van der Waals surface area contributed by atoms with E-state index in [0.29, 0.717) is 17.5 Å². The van der Waals surface area contributed by atoms with E-state index >= 15 is 0 Å². The first kappa shape index (κ1) is 13.2. The van der Waals surface area contributed by atoms with E-state index in [4.69, 9.17) is 4.52 Å². The second-order valence-electron chi connectivity index (χ2n) is 4.14. The number of aryl methyl sites for hydroxylation is 1. The molecule has 0 aliphatic heterocycles. The van der Waals surface area contributed by atoms with Crippen LogP contribution in [0.25, 0.3) is 11.5 Å². The van der Waals surface area contributed by atoms with Gasteiger partial charge in [0.1, 0.15) is 6.10 Å². The minimum absolute atomic E-state index is 0.0390. The first-order valence-electron chi connectivity index (χ1n) is 5.80. The Balaban J connectivity index is 2.35. The van der Waals surface area contributed by atoms with Crippen LogP contribution in [-0.4, -0.2) is 20.2 Å². The first-order chi connectivity index (χ1) is 9.02. The fourth-order valence-electron chi connectivity index (χ4n) is 1.66. The zero-order valence-corrected chi connectivity index (χ0v) is 10.5. The fraction of sp³-hybridized carbons (Fsp3) is 0.333. The molecule has 0 amide bonds. The maximum absolute atomic E-state index is 10.7. The molecule has 2 aromatic rings. The molecule has 1 N–H and O–H groups in total. The predicted molar refractivity (Wildman–Crippen MR) is 66.4 cm³/mol. The molecule has 19 heavy (non-hydrogen) atoms. The van der Waals surface area contributed by atoms with Gasteiger partial charge in [0.25, 0.3) is 11.6 Å². The molecule has 1 aromatic heterocycles. The Hall–Kier alpha value is -2.28. The standard InChI is InChI=1S/C12H13N3O4/c1-3-10(16)11-13-12(19-14-11)8-4-5-9(15(17)18)7(2)6-8/h4-6,10,16H,3H2,1-2H3. The Morgan fingerprint density at radius 2 is 2.26 bits per heavy atom. The molecular weight excluding hydrogens is 250 g/mol. The van der Waals surface area contributed by atoms with E-state index in [1.54, 1.807) is 26.0 Å². The average Bonchev–Trinajstić information content (AvgIpc) is 2.86. The third-order valence-corrected chi connectivity index (χ3v) is 2.77. The van der Waals surface area contributed by atoms with E-state index in [0.717, 1.165) is 0 Å². The molecule has 1 heterocycles. The quantitative estimate of drug-likeness (QED) is 0.671. The molecule has 0 bridgehead atoms. The highest BCUT2D eigenvalue weighted by molar-refractivity contribution is 5.58. The summed E-state index contributed by atoms with van der Waals surface area (Å²) in [6.45, 7) is 3.44. The number of nitrogens with zero attached hydrogens (tertiary/aromatic N) is 3. The van der Waals surface area contributed by atoms with Gasteiger partial charge in [-0.25, -0.2) is 0 Å². The van der Waals surface area contributed by atoms with Crippen LogP contribution in [0.4, 0.5) is 5.69 Å². The summed E-state index contributed by atoms with van der Waals surface area (Å²) >= 11 is 0. The molecule has 7 heteroatoms. The average molecular weight is 263 g/mol. The van der Waals surface area contributed by atoms with E-state index < -0.39 is 11.0 Å². The third kappa shape index (κ3) is 2.60. The van der Waals surface area contributed by atoms with Crippen LogP contribution in [0.2, 0.25) is 0 Å². The number of nitro groups is 1. The van der Waals surface area contributed by atoms with E-state index in [1.807, 2.05) is 0 Å². The molecular formula is C12H13N3O4. The molecule has 0 fully saturated rings. The lowest BCUT2D eigenvalue weighted by molar-refractivity contribution is -0.385. The molecule has 100 valence electrons. The molecule has 7 nitrogen and oxygen atoms in total. The minimum atomic E-state index is -0.767. The van der Waals surface area contributed by atoms with Crippen molar-refractivity contribution < 1.29 is 14.6 Å². The number of rotatable bonds is 4. The van der Waals surface area contributed by atoms with Crippen LogP contribution < -0.4 is 0 Å². The first-order valence-corrected chi connectivity index (χ1v) is 5.80. The molecule has 0 saturated carbocycles. The van der Waals surface area contributed by atoms with Crippen LogP contribution in [-0.2, 0) is 0 Å². The number of nitro benzene ring substituents is 1. The van der Waals surface area contributed by atoms with Gasteiger partial charge in [0.15, 0.2) is 0 Å². The summed E-state index contributed by atoms with van der Waals surface area (Å²) in [5, 5.41) is 24.0. The molecule has 0 radical (unpaired) electrons. The molecule has 0 saturated heterocycles. The maximum Gasteiger partial charge on any atom is 0.272 e. The largest absolute Gasteiger partial charge is 0.385 e. The Kier molecular flexibility index (Phi) is 3.57. The van der Waals surface area contributed by atoms with Crippen LogP contribution in [0, 0.1) is 17.0 Å². The van der Waals surface area contributed by atoms with Crippen molar-refractivity contribution in [3.8, 4) is 11.5 Å². The Morgan fingerprint density at radius 3 is 2.84 bits per heavy atom. The maximum atomic E-state index is 10.7. The van der Waals surface area contributed by atoms with E-state index in [1.165, 1.54) is 6.07 Å². The molecule has 1 aromatic carbocycles. The van der Waals surface area contributed by atoms with Crippen molar-refractivity contribution >= 4 is 5.69 Å². The Morgan fingerprint density at radius 1 is 1.53 bits per heavy atom. The summed E-state index contributed by atoms with van der Waals surface area (Å²) < 4.78 is 5.04. The summed E-state index contributed by atoms with van der Waals surface area (Å²) in [5.74, 6) is 0.453. The topological polar surface area (TPSA) is 102 Å². The number of hydrogen-bond acceptors (Lipinski definition) is 6. The molecule has 2 rings (SSSR count). The van der Waals surface area contributed by atoms with E-state index in [-0.39, 0.29) is 17.4 Å². The number of hydrogen-bond donors (Lipinski definition) is 1. The van der Waals surface area contributed by atoms with Crippen LogP contribution >= 0.6 is 0 Å². The van der Waals surface area contributed by atoms with Crippen molar-refractivity contribution in [2.24, 2.45) is 0 Å².